The number of halogens is 2. The van der Waals surface area contributed by atoms with Crippen LogP contribution in [0.15, 0.2) is 24.4 Å². The minimum atomic E-state index is 0.470. The van der Waals surface area contributed by atoms with Gasteiger partial charge in [-0.15, -0.1) is 0 Å². The van der Waals surface area contributed by atoms with E-state index >= 15 is 0 Å². The molecule has 0 bridgehead atoms. The van der Waals surface area contributed by atoms with Crippen LogP contribution in [0.4, 0.5) is 0 Å². The smallest absolute Gasteiger partial charge is 0.0752 e. The van der Waals surface area contributed by atoms with Gasteiger partial charge in [-0.05, 0) is 34.1 Å². The number of hydrogen-bond donors (Lipinski definition) is 0. The second kappa shape index (κ2) is 4.26. The Kier molecular flexibility index (Phi) is 3.16. The lowest BCUT2D eigenvalue weighted by molar-refractivity contribution is 0.873. The van der Waals surface area contributed by atoms with E-state index in [9.17, 15) is 0 Å². The van der Waals surface area contributed by atoms with Gasteiger partial charge in [0, 0.05) is 11.6 Å². The summed E-state index contributed by atoms with van der Waals surface area (Å²) in [5.41, 5.74) is 2.28. The van der Waals surface area contributed by atoms with E-state index < -0.39 is 0 Å². The molecule has 0 spiro atoms. The minimum absolute atomic E-state index is 0.470. The molecule has 0 atom stereocenters. The first-order valence-corrected chi connectivity index (χ1v) is 6.29. The van der Waals surface area contributed by atoms with Gasteiger partial charge < -0.3 is 0 Å². The van der Waals surface area contributed by atoms with Gasteiger partial charge in [0.15, 0.2) is 0 Å². The van der Waals surface area contributed by atoms with E-state index in [0.717, 1.165) is 19.5 Å². The summed E-state index contributed by atoms with van der Waals surface area (Å²) < 4.78 is 1.00. The number of fused-ring (bicyclic) bond motifs is 1. The van der Waals surface area contributed by atoms with Gasteiger partial charge in [0.2, 0.25) is 0 Å². The molecule has 0 radical (unpaired) electrons. The second-order valence-electron chi connectivity index (χ2n) is 3.82. The van der Waals surface area contributed by atoms with Crippen LogP contribution in [0.25, 0.3) is 10.9 Å². The molecule has 0 aliphatic rings. The Morgan fingerprint density at radius 3 is 2.73 bits per heavy atom. The summed E-state index contributed by atoms with van der Waals surface area (Å²) in [5, 5.41) is 1.86. The van der Waals surface area contributed by atoms with Crippen molar-refractivity contribution < 1.29 is 0 Å². The van der Waals surface area contributed by atoms with Crippen LogP contribution in [0.3, 0.4) is 0 Å². The first-order valence-electron chi connectivity index (χ1n) is 4.84. The average molecular weight is 332 g/mol. The molecule has 0 fully saturated rings. The van der Waals surface area contributed by atoms with E-state index in [-0.39, 0.29) is 0 Å². The van der Waals surface area contributed by atoms with Crippen LogP contribution in [0.2, 0.25) is 5.02 Å². The first-order chi connectivity index (χ1) is 7.11. The Balaban J connectivity index is 2.83. The zero-order valence-corrected chi connectivity index (χ0v) is 11.5. The van der Waals surface area contributed by atoms with E-state index in [0.29, 0.717) is 5.92 Å². The van der Waals surface area contributed by atoms with Crippen molar-refractivity contribution in [2.75, 3.05) is 0 Å². The summed E-state index contributed by atoms with van der Waals surface area (Å²) in [6, 6.07) is 6.18. The lowest BCUT2D eigenvalue weighted by atomic mass is 10.00. The number of nitrogens with zero attached hydrogens (tertiary/aromatic N) is 1. The van der Waals surface area contributed by atoms with Crippen LogP contribution in [0.5, 0.6) is 0 Å². The molecule has 0 amide bonds. The molecule has 1 heterocycles. The summed E-state index contributed by atoms with van der Waals surface area (Å²) in [5.74, 6) is 0.470. The summed E-state index contributed by atoms with van der Waals surface area (Å²) in [4.78, 5) is 4.47. The van der Waals surface area contributed by atoms with E-state index in [1.165, 1.54) is 5.56 Å². The summed E-state index contributed by atoms with van der Waals surface area (Å²) in [7, 11) is 0. The zero-order valence-electron chi connectivity index (χ0n) is 8.59. The Bertz CT molecular complexity index is 508. The fourth-order valence-corrected chi connectivity index (χ4v) is 2.29. The van der Waals surface area contributed by atoms with Crippen LogP contribution in [-0.2, 0) is 0 Å². The van der Waals surface area contributed by atoms with Gasteiger partial charge >= 0.3 is 0 Å². The Hall–Kier alpha value is -0.350. The lowest BCUT2D eigenvalue weighted by Crippen LogP contribution is -1.93. The third-order valence-corrected chi connectivity index (χ3v) is 3.99. The first kappa shape index (κ1) is 11.1. The van der Waals surface area contributed by atoms with Crippen LogP contribution < -0.4 is 0 Å². The maximum atomic E-state index is 6.26. The molecule has 0 saturated carbocycles. The molecule has 2 rings (SSSR count). The number of benzene rings is 1. The van der Waals surface area contributed by atoms with E-state index in [1.807, 2.05) is 18.3 Å². The van der Waals surface area contributed by atoms with Crippen molar-refractivity contribution >= 4 is 45.1 Å². The molecule has 0 saturated heterocycles. The van der Waals surface area contributed by atoms with Gasteiger partial charge in [-0.1, -0.05) is 43.6 Å². The molecule has 0 N–H and O–H groups in total. The molecule has 0 unspecified atom stereocenters. The zero-order chi connectivity index (χ0) is 11.0. The van der Waals surface area contributed by atoms with Gasteiger partial charge in [0.1, 0.15) is 0 Å². The molecule has 1 nitrogen and oxygen atoms in total. The van der Waals surface area contributed by atoms with Crippen LogP contribution in [0.1, 0.15) is 25.3 Å². The highest BCUT2D eigenvalue weighted by Crippen LogP contribution is 2.30. The molecule has 3 heteroatoms. The number of hydrogen-bond acceptors (Lipinski definition) is 1. The van der Waals surface area contributed by atoms with Crippen molar-refractivity contribution in [2.45, 2.75) is 19.8 Å². The summed E-state index contributed by atoms with van der Waals surface area (Å²) in [6.45, 7) is 4.34. The number of aromatic nitrogens is 1. The van der Waals surface area contributed by atoms with Crippen LogP contribution >= 0.6 is 34.2 Å². The topological polar surface area (TPSA) is 12.9 Å². The van der Waals surface area contributed by atoms with Gasteiger partial charge in [0.05, 0.1) is 14.1 Å². The standard InChI is InChI=1S/C12H11ClIN/c1-7(2)8-4-3-5-9-11(13)10(14)6-15-12(8)9/h3-7H,1-2H3. The quantitative estimate of drug-likeness (QED) is 0.695. The maximum Gasteiger partial charge on any atom is 0.0752 e. The third kappa shape index (κ3) is 1.97. The van der Waals surface area contributed by atoms with Gasteiger partial charge in [-0.3, -0.25) is 4.98 Å². The molecule has 78 valence electrons. The fraction of sp³-hybridized carbons (Fsp3) is 0.250. The maximum absolute atomic E-state index is 6.26. The van der Waals surface area contributed by atoms with Crippen molar-refractivity contribution in [3.63, 3.8) is 0 Å². The van der Waals surface area contributed by atoms with Crippen molar-refractivity contribution in [3.05, 3.63) is 38.6 Å². The Morgan fingerprint density at radius 2 is 2.07 bits per heavy atom. The second-order valence-corrected chi connectivity index (χ2v) is 5.36. The molecule has 0 aliphatic carbocycles. The van der Waals surface area contributed by atoms with Gasteiger partial charge in [-0.2, -0.15) is 0 Å². The van der Waals surface area contributed by atoms with E-state index in [4.69, 9.17) is 11.6 Å². The third-order valence-electron chi connectivity index (χ3n) is 2.44. The molecular weight excluding hydrogens is 320 g/mol. The van der Waals surface area contributed by atoms with Crippen molar-refractivity contribution in [1.82, 2.24) is 4.98 Å². The Labute approximate surface area is 108 Å². The molecular formula is C12H11ClIN. The number of pyridine rings is 1. The predicted molar refractivity (Wildman–Crippen MR) is 73.6 cm³/mol. The monoisotopic (exact) mass is 331 g/mol. The largest absolute Gasteiger partial charge is 0.255 e. The molecule has 15 heavy (non-hydrogen) atoms. The lowest BCUT2D eigenvalue weighted by Gasteiger charge is -2.10. The van der Waals surface area contributed by atoms with Crippen LogP contribution in [0, 0.1) is 3.57 Å². The average Bonchev–Trinajstić information content (AvgIpc) is 2.23. The highest BCUT2D eigenvalue weighted by atomic mass is 127. The number of rotatable bonds is 1. The fourth-order valence-electron chi connectivity index (χ4n) is 1.66. The summed E-state index contributed by atoms with van der Waals surface area (Å²) in [6.07, 6.45) is 1.83. The van der Waals surface area contributed by atoms with Crippen molar-refractivity contribution in [2.24, 2.45) is 0 Å². The van der Waals surface area contributed by atoms with Crippen LogP contribution in [-0.4, -0.2) is 4.98 Å². The summed E-state index contributed by atoms with van der Waals surface area (Å²) >= 11 is 8.46. The van der Waals surface area contributed by atoms with Crippen molar-refractivity contribution in [3.8, 4) is 0 Å². The number of para-hydroxylation sites is 1. The van der Waals surface area contributed by atoms with Gasteiger partial charge in [-0.25, -0.2) is 0 Å². The van der Waals surface area contributed by atoms with E-state index in [2.05, 4.69) is 47.5 Å². The van der Waals surface area contributed by atoms with Crippen molar-refractivity contribution in [1.29, 1.82) is 0 Å². The highest BCUT2D eigenvalue weighted by molar-refractivity contribution is 14.1. The highest BCUT2D eigenvalue weighted by Gasteiger charge is 2.09. The molecule has 0 aliphatic heterocycles. The molecule has 1 aromatic heterocycles. The van der Waals surface area contributed by atoms with E-state index in [1.54, 1.807) is 0 Å². The predicted octanol–water partition coefficient (Wildman–Crippen LogP) is 4.62. The SMILES string of the molecule is CC(C)c1cccc2c(Cl)c(I)cnc12. The minimum Gasteiger partial charge on any atom is -0.255 e. The Morgan fingerprint density at radius 1 is 1.33 bits per heavy atom. The van der Waals surface area contributed by atoms with Gasteiger partial charge in [0.25, 0.3) is 0 Å². The molecule has 1 aromatic carbocycles. The molecule has 2 aromatic rings. The normalized spacial score (nSPS) is 11.3.